The van der Waals surface area contributed by atoms with Gasteiger partial charge in [-0.3, -0.25) is 24.0 Å². The Hall–Kier alpha value is -3.74. The van der Waals surface area contributed by atoms with Gasteiger partial charge >= 0.3 is 0 Å². The summed E-state index contributed by atoms with van der Waals surface area (Å²) in [7, 11) is -2.87. The lowest BCUT2D eigenvalue weighted by atomic mass is 9.95. The van der Waals surface area contributed by atoms with Crippen molar-refractivity contribution in [1.82, 2.24) is 10.2 Å². The number of sulfonamides is 1. The Morgan fingerprint density at radius 1 is 1.15 bits per heavy atom. The smallest absolute Gasteiger partial charge is 0.271 e. The van der Waals surface area contributed by atoms with E-state index in [0.29, 0.717) is 5.56 Å². The number of carbonyl (C=O) groups excluding carboxylic acids is 2. The zero-order valence-electron chi connectivity index (χ0n) is 22.8. The number of nitrogens with zero attached hydrogens (tertiary/aromatic N) is 3. The number of non-ortho nitro benzene ring substituents is 1. The molecule has 1 aliphatic carbocycles. The van der Waals surface area contributed by atoms with Crippen LogP contribution in [0, 0.1) is 15.9 Å². The van der Waals surface area contributed by atoms with Gasteiger partial charge in [-0.25, -0.2) is 12.8 Å². The normalized spacial score (nSPS) is 14.7. The Morgan fingerprint density at radius 3 is 2.35 bits per heavy atom. The van der Waals surface area contributed by atoms with Crippen molar-refractivity contribution in [3.63, 3.8) is 0 Å². The third kappa shape index (κ3) is 7.90. The van der Waals surface area contributed by atoms with Gasteiger partial charge in [0, 0.05) is 24.7 Å². The van der Waals surface area contributed by atoms with Crippen molar-refractivity contribution in [2.45, 2.75) is 64.1 Å². The molecule has 3 rings (SSSR count). The molecule has 0 aliphatic heterocycles. The monoisotopic (exact) mass is 578 g/mol. The molecule has 11 nitrogen and oxygen atoms in total. The predicted molar refractivity (Wildman–Crippen MR) is 148 cm³/mol. The maximum atomic E-state index is 13.9. The minimum absolute atomic E-state index is 0.0102. The van der Waals surface area contributed by atoms with Crippen LogP contribution in [0.15, 0.2) is 42.5 Å². The number of hydrogen-bond donors (Lipinski definition) is 1. The number of hydrogen-bond acceptors (Lipinski definition) is 7. The molecule has 0 heterocycles. The van der Waals surface area contributed by atoms with Crippen LogP contribution in [0.2, 0.25) is 0 Å². The average molecular weight is 579 g/mol. The second kappa shape index (κ2) is 13.6. The predicted octanol–water partition coefficient (Wildman–Crippen LogP) is 3.76. The maximum Gasteiger partial charge on any atom is 0.271 e. The molecule has 2 aromatic rings. The van der Waals surface area contributed by atoms with E-state index in [1.807, 2.05) is 0 Å². The lowest BCUT2D eigenvalue weighted by Crippen LogP contribution is -2.54. The number of carbonyl (C=O) groups is 2. The third-order valence-electron chi connectivity index (χ3n) is 6.92. The largest absolute Gasteiger partial charge is 0.495 e. The van der Waals surface area contributed by atoms with E-state index in [-0.39, 0.29) is 36.4 Å². The van der Waals surface area contributed by atoms with Crippen LogP contribution < -0.4 is 14.4 Å². The summed E-state index contributed by atoms with van der Waals surface area (Å²) in [5, 5.41) is 14.4. The highest BCUT2D eigenvalue weighted by Gasteiger charge is 2.34. The molecule has 1 aliphatic rings. The Labute approximate surface area is 233 Å². The fraction of sp³-hybridized carbons (Fsp3) is 0.481. The minimum atomic E-state index is -4.14. The summed E-state index contributed by atoms with van der Waals surface area (Å²) in [4.78, 5) is 39.3. The summed E-state index contributed by atoms with van der Waals surface area (Å²) in [5.41, 5.74) is -0.0372. The molecule has 40 heavy (non-hydrogen) atoms. The molecule has 0 radical (unpaired) electrons. The van der Waals surface area contributed by atoms with Gasteiger partial charge in [-0.15, -0.1) is 0 Å². The van der Waals surface area contributed by atoms with Gasteiger partial charge in [0.15, 0.2) is 0 Å². The van der Waals surface area contributed by atoms with Gasteiger partial charge in [0.05, 0.1) is 18.3 Å². The first kappa shape index (κ1) is 30.8. The van der Waals surface area contributed by atoms with Crippen molar-refractivity contribution in [3.8, 4) is 5.75 Å². The number of nitro groups is 1. The highest BCUT2D eigenvalue weighted by Crippen LogP contribution is 2.34. The summed E-state index contributed by atoms with van der Waals surface area (Å²) >= 11 is 0. The lowest BCUT2D eigenvalue weighted by molar-refractivity contribution is -0.384. The lowest BCUT2D eigenvalue weighted by Gasteiger charge is -2.34. The summed E-state index contributed by atoms with van der Waals surface area (Å²) < 4.78 is 45.3. The number of rotatable bonds is 12. The zero-order valence-corrected chi connectivity index (χ0v) is 23.7. The Kier molecular flexibility index (Phi) is 10.4. The quantitative estimate of drug-likeness (QED) is 0.299. The fourth-order valence-electron chi connectivity index (χ4n) is 4.83. The molecule has 0 spiro atoms. The van der Waals surface area contributed by atoms with E-state index in [0.717, 1.165) is 54.8 Å². The van der Waals surface area contributed by atoms with Crippen LogP contribution >= 0.6 is 0 Å². The van der Waals surface area contributed by atoms with E-state index in [4.69, 9.17) is 4.74 Å². The molecule has 0 aromatic heterocycles. The van der Waals surface area contributed by atoms with E-state index < -0.39 is 44.9 Å². The van der Waals surface area contributed by atoms with Crippen LogP contribution in [-0.2, 0) is 26.2 Å². The first-order chi connectivity index (χ1) is 18.9. The van der Waals surface area contributed by atoms with E-state index in [1.54, 1.807) is 6.92 Å². The van der Waals surface area contributed by atoms with Gasteiger partial charge in [0.25, 0.3) is 5.69 Å². The Bertz CT molecular complexity index is 1310. The number of nitro benzene ring substituents is 1. The molecule has 1 fully saturated rings. The van der Waals surface area contributed by atoms with Crippen LogP contribution in [0.5, 0.6) is 5.75 Å². The standard InChI is InChI=1S/C27H35FN4O7S/c1-4-23(27(34)29-21-8-6-5-7-9-21)30(17-19-10-12-20(28)13-11-19)26(33)18-31(40(3,37)38)24-16-22(32(35)36)14-15-25(24)39-2/h10-16,21,23H,4-9,17-18H2,1-3H3,(H,29,34)/t23-/m0/s1. The van der Waals surface area contributed by atoms with Crippen molar-refractivity contribution in [2.24, 2.45) is 0 Å². The van der Waals surface area contributed by atoms with Gasteiger partial charge in [0.2, 0.25) is 21.8 Å². The van der Waals surface area contributed by atoms with Crippen LogP contribution in [0.25, 0.3) is 0 Å². The van der Waals surface area contributed by atoms with Gasteiger partial charge in [-0.05, 0) is 43.0 Å². The molecular formula is C27H35FN4O7S. The zero-order chi connectivity index (χ0) is 29.4. The van der Waals surface area contributed by atoms with E-state index in [1.165, 1.54) is 42.3 Å². The first-order valence-corrected chi connectivity index (χ1v) is 14.9. The molecule has 1 saturated carbocycles. The topological polar surface area (TPSA) is 139 Å². The average Bonchev–Trinajstić information content (AvgIpc) is 2.92. The summed E-state index contributed by atoms with van der Waals surface area (Å²) in [5.74, 6) is -1.53. The molecule has 13 heteroatoms. The molecule has 0 unspecified atom stereocenters. The van der Waals surface area contributed by atoms with Crippen LogP contribution in [0.1, 0.15) is 51.0 Å². The molecule has 2 amide bonds. The Balaban J connectivity index is 1.99. The third-order valence-corrected chi connectivity index (χ3v) is 8.05. The number of benzene rings is 2. The fourth-order valence-corrected chi connectivity index (χ4v) is 5.68. The number of amides is 2. The van der Waals surface area contributed by atoms with E-state index >= 15 is 0 Å². The van der Waals surface area contributed by atoms with Crippen molar-refractivity contribution in [1.29, 1.82) is 0 Å². The summed E-state index contributed by atoms with van der Waals surface area (Å²) in [6, 6.07) is 7.92. The number of methoxy groups -OCH3 is 1. The molecule has 1 atom stereocenters. The highest BCUT2D eigenvalue weighted by atomic mass is 32.2. The molecule has 2 aromatic carbocycles. The molecule has 0 saturated heterocycles. The van der Waals surface area contributed by atoms with Crippen molar-refractivity contribution >= 4 is 33.2 Å². The van der Waals surface area contributed by atoms with E-state index in [9.17, 15) is 32.5 Å². The first-order valence-electron chi connectivity index (χ1n) is 13.1. The van der Waals surface area contributed by atoms with Crippen molar-refractivity contribution < 1.29 is 32.1 Å². The molecule has 1 N–H and O–H groups in total. The SMILES string of the molecule is CC[C@@H](C(=O)NC1CCCCC1)N(Cc1ccc(F)cc1)C(=O)CN(c1cc([N+](=O)[O-])ccc1OC)S(C)(=O)=O. The van der Waals surface area contributed by atoms with Crippen molar-refractivity contribution in [3.05, 3.63) is 64.0 Å². The van der Waals surface area contributed by atoms with Gasteiger partial charge in [-0.2, -0.15) is 0 Å². The summed E-state index contributed by atoms with van der Waals surface area (Å²) in [6.45, 7) is 0.915. The van der Waals surface area contributed by atoms with Crippen LogP contribution in [0.3, 0.4) is 0 Å². The number of nitrogens with one attached hydrogen (secondary N) is 1. The van der Waals surface area contributed by atoms with Gasteiger partial charge in [0.1, 0.15) is 29.8 Å². The van der Waals surface area contributed by atoms with Crippen molar-refractivity contribution in [2.75, 3.05) is 24.2 Å². The van der Waals surface area contributed by atoms with Crippen LogP contribution in [0.4, 0.5) is 15.8 Å². The van der Waals surface area contributed by atoms with E-state index in [2.05, 4.69) is 5.32 Å². The number of halogens is 1. The number of ether oxygens (including phenoxy) is 1. The van der Waals surface area contributed by atoms with Gasteiger partial charge in [-0.1, -0.05) is 38.3 Å². The Morgan fingerprint density at radius 2 is 1.80 bits per heavy atom. The second-order valence-electron chi connectivity index (χ2n) is 9.80. The highest BCUT2D eigenvalue weighted by molar-refractivity contribution is 7.92. The number of anilines is 1. The molecular weight excluding hydrogens is 543 g/mol. The second-order valence-corrected chi connectivity index (χ2v) is 11.7. The van der Waals surface area contributed by atoms with Crippen LogP contribution in [-0.4, -0.2) is 62.0 Å². The molecule has 218 valence electrons. The molecule has 0 bridgehead atoms. The summed E-state index contributed by atoms with van der Waals surface area (Å²) in [6.07, 6.45) is 5.87. The maximum absolute atomic E-state index is 13.9. The minimum Gasteiger partial charge on any atom is -0.495 e. The van der Waals surface area contributed by atoms with Gasteiger partial charge < -0.3 is 15.0 Å².